The van der Waals surface area contributed by atoms with E-state index in [1.165, 1.54) is 11.9 Å². The number of aliphatic imine (C=N–C) groups is 1. The third kappa shape index (κ3) is 2.50. The molecule has 0 aromatic carbocycles. The second kappa shape index (κ2) is 3.72. The van der Waals surface area contributed by atoms with E-state index in [2.05, 4.69) is 22.4 Å². The molecule has 0 saturated heterocycles. The van der Waals surface area contributed by atoms with E-state index < -0.39 is 0 Å². The van der Waals surface area contributed by atoms with E-state index >= 15 is 0 Å². The van der Waals surface area contributed by atoms with Gasteiger partial charge in [-0.3, -0.25) is 4.99 Å². The topological polar surface area (TPSA) is 24.7 Å². The molecule has 0 aromatic rings. The molecule has 0 radical (unpaired) electrons. The molecule has 1 unspecified atom stereocenters. The van der Waals surface area contributed by atoms with Gasteiger partial charge in [-0.05, 0) is 13.8 Å². The van der Waals surface area contributed by atoms with Crippen LogP contribution in [0, 0.1) is 5.41 Å². The fourth-order valence-electron chi connectivity index (χ4n) is 0.963. The molecule has 0 saturated carbocycles. The lowest BCUT2D eigenvalue weighted by Gasteiger charge is -2.15. The maximum Gasteiger partial charge on any atom is 0.0771 e. The van der Waals surface area contributed by atoms with Crippen LogP contribution < -0.4 is 0 Å². The van der Waals surface area contributed by atoms with E-state index in [-0.39, 0.29) is 5.41 Å². The number of hydrogen-bond acceptors (Lipinski definition) is 3. The fraction of sp³-hybridized carbons (Fsp3) is 0.500. The predicted octanol–water partition coefficient (Wildman–Crippen LogP) is 2.33. The van der Waals surface area contributed by atoms with E-state index in [0.29, 0.717) is 0 Å². The van der Waals surface area contributed by atoms with Crippen molar-refractivity contribution in [1.82, 2.24) is 0 Å². The summed E-state index contributed by atoms with van der Waals surface area (Å²) in [6.07, 6.45) is 6.11. The highest BCUT2D eigenvalue weighted by molar-refractivity contribution is 8.11. The summed E-state index contributed by atoms with van der Waals surface area (Å²) in [6.45, 7) is 4.94. The van der Waals surface area contributed by atoms with Crippen LogP contribution in [0.25, 0.3) is 0 Å². The zero-order valence-corrected chi connectivity index (χ0v) is 7.64. The molecule has 2 nitrogen and oxygen atoms in total. The van der Waals surface area contributed by atoms with Gasteiger partial charge in [0.05, 0.1) is 12.1 Å². The van der Waals surface area contributed by atoms with Crippen molar-refractivity contribution in [3.8, 4) is 0 Å². The summed E-state index contributed by atoms with van der Waals surface area (Å²) >= 11 is 1.39. The molecular formula is C8H12N2S. The highest BCUT2D eigenvalue weighted by atomic mass is 32.2. The summed E-state index contributed by atoms with van der Waals surface area (Å²) in [5.41, 5.74) is 1.81. The fourth-order valence-corrected chi connectivity index (χ4v) is 1.46. The lowest BCUT2D eigenvalue weighted by molar-refractivity contribution is 0.629. The average molecular weight is 168 g/mol. The van der Waals surface area contributed by atoms with Gasteiger partial charge in [0.25, 0.3) is 0 Å². The van der Waals surface area contributed by atoms with Gasteiger partial charge in [0.2, 0.25) is 0 Å². The Labute approximate surface area is 71.6 Å². The Balaban J connectivity index is 2.75. The highest BCUT2D eigenvalue weighted by Gasteiger charge is 2.17. The van der Waals surface area contributed by atoms with Crippen molar-refractivity contribution >= 4 is 23.7 Å². The summed E-state index contributed by atoms with van der Waals surface area (Å²) in [4.78, 5) is 4.20. The summed E-state index contributed by atoms with van der Waals surface area (Å²) in [5, 5.41) is 0. The zero-order valence-electron chi connectivity index (χ0n) is 6.82. The highest BCUT2D eigenvalue weighted by Crippen LogP contribution is 2.19. The number of allylic oxidation sites excluding steroid dienone is 1. The molecule has 0 amide bonds. The van der Waals surface area contributed by atoms with Gasteiger partial charge in [-0.2, -0.15) is 0 Å². The quantitative estimate of drug-likeness (QED) is 0.435. The minimum atomic E-state index is 0.0226. The lowest BCUT2D eigenvalue weighted by Crippen LogP contribution is -2.18. The van der Waals surface area contributed by atoms with Crippen molar-refractivity contribution in [2.24, 2.45) is 14.8 Å². The SMILES string of the molecule is C/C=C/C1(C)C=NSC=NC1. The van der Waals surface area contributed by atoms with Crippen molar-refractivity contribution in [1.29, 1.82) is 0 Å². The Morgan fingerprint density at radius 2 is 2.45 bits per heavy atom. The number of hydrogen-bond donors (Lipinski definition) is 0. The van der Waals surface area contributed by atoms with Crippen LogP contribution in [0.3, 0.4) is 0 Å². The van der Waals surface area contributed by atoms with Crippen LogP contribution in [-0.4, -0.2) is 18.3 Å². The first-order chi connectivity index (χ1) is 5.27. The van der Waals surface area contributed by atoms with E-state index in [1.807, 2.05) is 19.2 Å². The molecule has 0 aromatic heterocycles. The molecule has 0 N–H and O–H groups in total. The van der Waals surface area contributed by atoms with E-state index in [1.54, 1.807) is 5.55 Å². The van der Waals surface area contributed by atoms with Crippen molar-refractivity contribution < 1.29 is 0 Å². The molecule has 0 fully saturated rings. The van der Waals surface area contributed by atoms with Crippen molar-refractivity contribution in [3.05, 3.63) is 12.2 Å². The molecule has 0 spiro atoms. The first kappa shape index (κ1) is 8.53. The first-order valence-electron chi connectivity index (χ1n) is 3.59. The molecule has 1 aliphatic rings. The molecule has 60 valence electrons. The zero-order chi connectivity index (χ0) is 8.16. The second-order valence-electron chi connectivity index (χ2n) is 2.79. The van der Waals surface area contributed by atoms with Crippen molar-refractivity contribution in [3.63, 3.8) is 0 Å². The third-order valence-corrected chi connectivity index (χ3v) is 1.98. The maximum absolute atomic E-state index is 4.20. The largest absolute Gasteiger partial charge is 0.283 e. The summed E-state index contributed by atoms with van der Waals surface area (Å²) in [6, 6.07) is 0. The van der Waals surface area contributed by atoms with Crippen LogP contribution in [0.15, 0.2) is 21.5 Å². The van der Waals surface area contributed by atoms with E-state index in [9.17, 15) is 0 Å². The molecule has 1 heterocycles. The van der Waals surface area contributed by atoms with E-state index in [0.717, 1.165) is 6.54 Å². The van der Waals surface area contributed by atoms with Crippen LogP contribution in [0.5, 0.6) is 0 Å². The first-order valence-corrected chi connectivity index (χ1v) is 4.43. The lowest BCUT2D eigenvalue weighted by atomic mass is 9.92. The van der Waals surface area contributed by atoms with Crippen molar-refractivity contribution in [2.45, 2.75) is 13.8 Å². The Bertz CT molecular complexity index is 208. The Hall–Kier alpha value is -0.570. The van der Waals surface area contributed by atoms with Crippen LogP contribution in [-0.2, 0) is 0 Å². The number of nitrogens with zero attached hydrogens (tertiary/aromatic N) is 2. The maximum atomic E-state index is 4.20. The third-order valence-electron chi connectivity index (χ3n) is 1.51. The minimum absolute atomic E-state index is 0.0226. The molecule has 0 bridgehead atoms. The second-order valence-corrected chi connectivity index (χ2v) is 3.42. The molecule has 1 atom stereocenters. The monoisotopic (exact) mass is 168 g/mol. The van der Waals surface area contributed by atoms with Gasteiger partial charge in [0, 0.05) is 23.6 Å². The molecular weight excluding hydrogens is 156 g/mol. The number of rotatable bonds is 1. The van der Waals surface area contributed by atoms with Gasteiger partial charge in [0.1, 0.15) is 0 Å². The van der Waals surface area contributed by atoms with Gasteiger partial charge in [0.15, 0.2) is 0 Å². The normalized spacial score (nSPS) is 31.1. The van der Waals surface area contributed by atoms with Gasteiger partial charge in [-0.15, -0.1) is 0 Å². The minimum Gasteiger partial charge on any atom is -0.283 e. The summed E-state index contributed by atoms with van der Waals surface area (Å²) in [7, 11) is 0. The van der Waals surface area contributed by atoms with Gasteiger partial charge in [-0.1, -0.05) is 12.2 Å². The Kier molecular flexibility index (Phi) is 2.88. The average Bonchev–Trinajstić information content (AvgIpc) is 2.15. The molecule has 0 aliphatic carbocycles. The Morgan fingerprint density at radius 3 is 3.18 bits per heavy atom. The van der Waals surface area contributed by atoms with Gasteiger partial charge >= 0.3 is 0 Å². The van der Waals surface area contributed by atoms with Gasteiger partial charge in [-0.25, -0.2) is 4.40 Å². The molecule has 1 aliphatic heterocycles. The molecule has 3 heteroatoms. The van der Waals surface area contributed by atoms with Crippen LogP contribution in [0.1, 0.15) is 13.8 Å². The smallest absolute Gasteiger partial charge is 0.0771 e. The summed E-state index contributed by atoms with van der Waals surface area (Å²) in [5.74, 6) is 0. The van der Waals surface area contributed by atoms with Crippen LogP contribution in [0.2, 0.25) is 0 Å². The van der Waals surface area contributed by atoms with E-state index in [4.69, 9.17) is 0 Å². The molecule has 1 rings (SSSR count). The van der Waals surface area contributed by atoms with Gasteiger partial charge < -0.3 is 0 Å². The summed E-state index contributed by atoms with van der Waals surface area (Å²) < 4.78 is 4.13. The van der Waals surface area contributed by atoms with Crippen molar-refractivity contribution in [2.75, 3.05) is 6.54 Å². The van der Waals surface area contributed by atoms with Crippen LogP contribution >= 0.6 is 11.9 Å². The standard InChI is InChI=1S/C8H12N2S/c1-3-4-8(2)5-9-7-11-10-6-8/h3-4,6-7H,5H2,1-2H3/b4-3+. The van der Waals surface area contributed by atoms with Crippen LogP contribution in [0.4, 0.5) is 0 Å². The predicted molar refractivity (Wildman–Crippen MR) is 52.4 cm³/mol. The molecule has 11 heavy (non-hydrogen) atoms. The Morgan fingerprint density at radius 1 is 1.64 bits per heavy atom.